The number of hydrogen-bond acceptors (Lipinski definition) is 3. The summed E-state index contributed by atoms with van der Waals surface area (Å²) in [5.41, 5.74) is 12.2. The highest BCUT2D eigenvalue weighted by Crippen LogP contribution is 2.54. The quantitative estimate of drug-likeness (QED) is 0.136. The largest absolute Gasteiger partial charge is 0.309 e. The Bertz CT molecular complexity index is 3430. The molecule has 0 saturated carbocycles. The van der Waals surface area contributed by atoms with Crippen LogP contribution >= 0.6 is 7.29 Å². The topological polar surface area (TPSA) is 56.0 Å². The summed E-state index contributed by atoms with van der Waals surface area (Å²) >= 11 is 0. The average Bonchev–Trinajstić information content (AvgIpc) is 3.90. The molecule has 0 amide bonds. The molecule has 0 unspecified atom stereocenters. The molecule has 12 aromatic rings. The number of anilines is 2. The maximum Gasteiger partial charge on any atom is 0.269 e. The van der Waals surface area contributed by atoms with Crippen LogP contribution in [-0.2, 0) is 4.57 Å². The highest BCUT2D eigenvalue weighted by atomic mass is 31.2. The van der Waals surface area contributed by atoms with Gasteiger partial charge in [0, 0.05) is 55.4 Å². The molecule has 12 rings (SSSR count). The fourth-order valence-electron chi connectivity index (χ4n) is 9.45. The van der Waals surface area contributed by atoms with Gasteiger partial charge in [-0.3, -0.25) is 9.24 Å². The number of hydrogen-bond donors (Lipinski definition) is 0. The molecule has 6 nitrogen and oxygen atoms in total. The smallest absolute Gasteiger partial charge is 0.269 e. The Morgan fingerprint density at radius 3 is 1.06 bits per heavy atom. The van der Waals surface area contributed by atoms with Crippen LogP contribution in [0.3, 0.4) is 0 Å². The summed E-state index contributed by atoms with van der Waals surface area (Å²) in [7, 11) is -3.92. The van der Waals surface area contributed by atoms with Gasteiger partial charge in [0.05, 0.1) is 33.5 Å². The van der Waals surface area contributed by atoms with Gasteiger partial charge in [0.2, 0.25) is 0 Å². The molecule has 0 aliphatic rings. The van der Waals surface area contributed by atoms with Gasteiger partial charge >= 0.3 is 0 Å². The molecule has 4 heterocycles. The van der Waals surface area contributed by atoms with Crippen molar-refractivity contribution >= 4 is 73.1 Å². The number of nitrogens with zero attached hydrogens (tertiary/aromatic N) is 5. The fraction of sp³-hybridized carbons (Fsp3) is 0. The zero-order chi connectivity index (χ0) is 43.3. The van der Waals surface area contributed by atoms with E-state index in [0.29, 0.717) is 22.3 Å². The minimum absolute atomic E-state index is 0.425. The van der Waals surface area contributed by atoms with E-state index in [0.717, 1.165) is 55.9 Å². The number of benzene rings is 8. The van der Waals surface area contributed by atoms with Gasteiger partial charge in [-0.05, 0) is 97.1 Å². The molecule has 0 aliphatic heterocycles. The van der Waals surface area contributed by atoms with E-state index >= 15 is 4.57 Å². The van der Waals surface area contributed by atoms with Crippen LogP contribution in [0.4, 0.5) is 11.4 Å². The normalized spacial score (nSPS) is 11.8. The summed E-state index contributed by atoms with van der Waals surface area (Å²) in [4.78, 5) is 10.7. The van der Waals surface area contributed by atoms with Gasteiger partial charge in [-0.1, -0.05) is 146 Å². The first kappa shape index (κ1) is 38.4. The second kappa shape index (κ2) is 15.8. The number of fused-ring (bicyclic) bond motifs is 6. The summed E-state index contributed by atoms with van der Waals surface area (Å²) in [6.45, 7) is 0. The molecule has 0 radical (unpaired) electrons. The van der Waals surface area contributed by atoms with Crippen LogP contribution in [0.15, 0.2) is 243 Å². The zero-order valence-electron chi connectivity index (χ0n) is 35.2. The second-order valence-corrected chi connectivity index (χ2v) is 18.6. The maximum absolute atomic E-state index is 17.0. The molecule has 0 atom stereocenters. The van der Waals surface area contributed by atoms with Gasteiger partial charge in [0.25, 0.3) is 7.29 Å². The predicted octanol–water partition coefficient (Wildman–Crippen LogP) is 14.1. The van der Waals surface area contributed by atoms with Gasteiger partial charge in [0.15, 0.2) is 0 Å². The molecule has 0 spiro atoms. The molecular formula is C58H40N5OP. The minimum atomic E-state index is -3.92. The van der Waals surface area contributed by atoms with E-state index in [4.69, 9.17) is 9.97 Å². The van der Waals surface area contributed by atoms with E-state index in [2.05, 4.69) is 155 Å². The van der Waals surface area contributed by atoms with Crippen molar-refractivity contribution < 1.29 is 4.57 Å². The first-order valence-corrected chi connectivity index (χ1v) is 23.4. The monoisotopic (exact) mass is 853 g/mol. The van der Waals surface area contributed by atoms with Crippen molar-refractivity contribution in [3.8, 4) is 33.9 Å². The third-order valence-corrected chi connectivity index (χ3v) is 15.1. The Kier molecular flexibility index (Phi) is 9.32. The van der Waals surface area contributed by atoms with E-state index in [9.17, 15) is 0 Å². The molecule has 4 aromatic heterocycles. The van der Waals surface area contributed by atoms with Crippen LogP contribution in [0.5, 0.6) is 0 Å². The van der Waals surface area contributed by atoms with Crippen molar-refractivity contribution in [1.82, 2.24) is 19.1 Å². The highest BCUT2D eigenvalue weighted by molar-refractivity contribution is 7.80. The Labute approximate surface area is 376 Å². The highest BCUT2D eigenvalue weighted by Gasteiger charge is 2.40. The predicted molar refractivity (Wildman–Crippen MR) is 270 cm³/mol. The SMILES string of the molecule is O=P(c1cccc(-c2cccc(-n3c4ccccc4c4ccccc43)c2)n1)(c1cccc(-c2cccc(-n3c4ccccc4c4ccccc43)c2)n1)N(c1ccccc1)c1ccccc1. The number of pyridine rings is 2. The van der Waals surface area contributed by atoms with Crippen LogP contribution in [-0.4, -0.2) is 19.1 Å². The van der Waals surface area contributed by atoms with Crippen molar-refractivity contribution in [3.05, 3.63) is 243 Å². The summed E-state index contributed by atoms with van der Waals surface area (Å²) in [6.07, 6.45) is 0. The third kappa shape index (κ3) is 6.46. The molecule has 0 bridgehead atoms. The maximum atomic E-state index is 17.0. The number of aromatic nitrogens is 4. The molecule has 65 heavy (non-hydrogen) atoms. The molecule has 0 saturated heterocycles. The molecule has 0 aliphatic carbocycles. The Morgan fingerprint density at radius 1 is 0.338 bits per heavy atom. The summed E-state index contributed by atoms with van der Waals surface area (Å²) < 4.78 is 23.5. The standard InChI is InChI=1S/C58H40N5OP/c64-65(63(43-21-3-1-4-22-43)44-23-5-2-6-24-44,57-37-17-31-51(59-57)41-19-15-25-45(39-41)61-53-33-11-7-27-47(53)48-28-8-12-34-54(48)61)58-38-18-32-52(60-58)42-20-16-26-46(40-42)62-55-35-13-9-29-49(55)50-30-10-14-36-56(50)62/h1-40H. The fourth-order valence-corrected chi connectivity index (χ4v) is 12.1. The molecule has 8 aromatic carbocycles. The van der Waals surface area contributed by atoms with Gasteiger partial charge in [-0.2, -0.15) is 0 Å². The van der Waals surface area contributed by atoms with Crippen LogP contribution < -0.4 is 15.5 Å². The molecule has 308 valence electrons. The second-order valence-electron chi connectivity index (χ2n) is 16.2. The third-order valence-electron chi connectivity index (χ3n) is 12.3. The van der Waals surface area contributed by atoms with Crippen molar-refractivity contribution in [2.75, 3.05) is 4.67 Å². The van der Waals surface area contributed by atoms with Crippen LogP contribution in [0.25, 0.3) is 77.5 Å². The van der Waals surface area contributed by atoms with Crippen molar-refractivity contribution in [2.24, 2.45) is 0 Å². The van der Waals surface area contributed by atoms with Gasteiger partial charge < -0.3 is 9.13 Å². The van der Waals surface area contributed by atoms with Crippen LogP contribution in [0.1, 0.15) is 0 Å². The Balaban J connectivity index is 1.03. The lowest BCUT2D eigenvalue weighted by molar-refractivity contribution is 0.586. The minimum Gasteiger partial charge on any atom is -0.309 e. The molecule has 7 heteroatoms. The number of para-hydroxylation sites is 6. The lowest BCUT2D eigenvalue weighted by Crippen LogP contribution is -2.32. The molecular weight excluding hydrogens is 814 g/mol. The van der Waals surface area contributed by atoms with E-state index in [1.807, 2.05) is 102 Å². The van der Waals surface area contributed by atoms with E-state index < -0.39 is 7.29 Å². The summed E-state index contributed by atoms with van der Waals surface area (Å²) in [5.74, 6) is 0. The zero-order valence-corrected chi connectivity index (χ0v) is 36.1. The van der Waals surface area contributed by atoms with Gasteiger partial charge in [-0.25, -0.2) is 9.97 Å². The van der Waals surface area contributed by atoms with Crippen molar-refractivity contribution in [3.63, 3.8) is 0 Å². The Hall–Kier alpha value is -8.31. The van der Waals surface area contributed by atoms with E-state index in [-0.39, 0.29) is 0 Å². The summed E-state index contributed by atoms with van der Waals surface area (Å²) in [6, 6.07) is 82.5. The average molecular weight is 854 g/mol. The first-order valence-electron chi connectivity index (χ1n) is 21.8. The van der Waals surface area contributed by atoms with Gasteiger partial charge in [0.1, 0.15) is 10.9 Å². The van der Waals surface area contributed by atoms with E-state index in [1.165, 1.54) is 21.5 Å². The molecule has 0 fully saturated rings. The Morgan fingerprint density at radius 2 is 0.677 bits per heavy atom. The van der Waals surface area contributed by atoms with Gasteiger partial charge in [-0.15, -0.1) is 0 Å². The van der Waals surface area contributed by atoms with Crippen molar-refractivity contribution in [2.45, 2.75) is 0 Å². The lowest BCUT2D eigenvalue weighted by atomic mass is 10.1. The molecule has 0 N–H and O–H groups in total. The van der Waals surface area contributed by atoms with E-state index in [1.54, 1.807) is 0 Å². The van der Waals surface area contributed by atoms with Crippen LogP contribution in [0.2, 0.25) is 0 Å². The van der Waals surface area contributed by atoms with Crippen molar-refractivity contribution in [1.29, 1.82) is 0 Å². The lowest BCUT2D eigenvalue weighted by Gasteiger charge is -2.33. The number of rotatable bonds is 9. The first-order chi connectivity index (χ1) is 32.1. The van der Waals surface area contributed by atoms with Crippen LogP contribution in [0, 0.1) is 0 Å². The summed E-state index contributed by atoms with van der Waals surface area (Å²) in [5, 5.41) is 4.79.